The summed E-state index contributed by atoms with van der Waals surface area (Å²) in [6, 6.07) is 11.9. The number of benzene rings is 2. The van der Waals surface area contributed by atoms with Crippen molar-refractivity contribution in [3.8, 4) is 22.7 Å². The normalized spacial score (nSPS) is 15.8. The highest BCUT2D eigenvalue weighted by Gasteiger charge is 2.31. The number of para-hydroxylation sites is 1. The number of rotatable bonds is 4. The van der Waals surface area contributed by atoms with Crippen molar-refractivity contribution < 1.29 is 18.7 Å². The number of piperazine rings is 1. The molecule has 3 heterocycles. The van der Waals surface area contributed by atoms with E-state index < -0.39 is 34.3 Å². The van der Waals surface area contributed by atoms with Gasteiger partial charge in [0.2, 0.25) is 5.91 Å². The Bertz CT molecular complexity index is 1720. The van der Waals surface area contributed by atoms with Gasteiger partial charge >= 0.3 is 5.69 Å². The van der Waals surface area contributed by atoms with E-state index in [0.717, 1.165) is 11.6 Å². The number of phenols is 1. The zero-order valence-electron chi connectivity index (χ0n) is 23.4. The number of anilines is 1. The van der Waals surface area contributed by atoms with Crippen molar-refractivity contribution in [2.75, 3.05) is 24.5 Å². The molecule has 8 nitrogen and oxygen atoms in total. The number of carbonyl (C=O) groups excluding carboxylic acids is 1. The van der Waals surface area contributed by atoms with Crippen molar-refractivity contribution in [1.29, 1.82) is 0 Å². The molecule has 4 aromatic rings. The molecule has 0 spiro atoms. The molecular weight excluding hydrogens is 528 g/mol. The predicted molar refractivity (Wildman–Crippen MR) is 154 cm³/mol. The Kier molecular flexibility index (Phi) is 7.10. The fraction of sp³-hybridized carbons (Fsp3) is 0.290. The van der Waals surface area contributed by atoms with Crippen molar-refractivity contribution in [2.24, 2.45) is 0 Å². The average Bonchev–Trinajstić information content (AvgIpc) is 2.92. The second-order valence-electron chi connectivity index (χ2n) is 11.2. The molecule has 1 aliphatic rings. The summed E-state index contributed by atoms with van der Waals surface area (Å²) in [7, 11) is 0. The Labute approximate surface area is 236 Å². The molecule has 0 bridgehead atoms. The van der Waals surface area contributed by atoms with Crippen molar-refractivity contribution in [3.05, 3.63) is 88.9 Å². The van der Waals surface area contributed by atoms with Crippen LogP contribution in [-0.4, -0.2) is 56.1 Å². The number of nitrogens with zero attached hydrogens (tertiary/aromatic N) is 5. The lowest BCUT2D eigenvalue weighted by Crippen LogP contribution is -2.54. The molecule has 2 aromatic carbocycles. The number of carbonyl (C=O) groups is 1. The van der Waals surface area contributed by atoms with Crippen molar-refractivity contribution in [3.63, 3.8) is 0 Å². The number of hydrogen-bond donors (Lipinski definition) is 1. The Morgan fingerprint density at radius 2 is 1.80 bits per heavy atom. The molecule has 10 heteroatoms. The van der Waals surface area contributed by atoms with Gasteiger partial charge in [0.15, 0.2) is 11.5 Å². The van der Waals surface area contributed by atoms with Crippen LogP contribution in [0.1, 0.15) is 33.3 Å². The standard InChI is InChI=1S/C31H31F2N5O3/c1-6-25(40)36-14-15-37(18(2)17-36)28-19-16-22(33)27(26-21(32)11-9-13-24(26)39)34-29(19)38(30(41)35-28)23-12-8-7-10-20(23)31(3,4)5/h6-13,16,18,39H,1,14-15,17H2,2-5H3/t18-/m0/s1. The van der Waals surface area contributed by atoms with Crippen LogP contribution in [-0.2, 0) is 10.2 Å². The third kappa shape index (κ3) is 4.94. The maximum Gasteiger partial charge on any atom is 0.355 e. The topological polar surface area (TPSA) is 91.6 Å². The van der Waals surface area contributed by atoms with Gasteiger partial charge < -0.3 is 14.9 Å². The van der Waals surface area contributed by atoms with Gasteiger partial charge in [-0.3, -0.25) is 4.79 Å². The van der Waals surface area contributed by atoms with Crippen LogP contribution >= 0.6 is 0 Å². The largest absolute Gasteiger partial charge is 0.507 e. The van der Waals surface area contributed by atoms with E-state index in [9.17, 15) is 19.1 Å². The first-order chi connectivity index (χ1) is 19.4. The fourth-order valence-electron chi connectivity index (χ4n) is 5.37. The minimum absolute atomic E-state index is 0.0625. The quantitative estimate of drug-likeness (QED) is 0.356. The van der Waals surface area contributed by atoms with Crippen LogP contribution in [0.2, 0.25) is 0 Å². The van der Waals surface area contributed by atoms with E-state index in [1.165, 1.54) is 28.8 Å². The lowest BCUT2D eigenvalue weighted by molar-refractivity contribution is -0.126. The summed E-state index contributed by atoms with van der Waals surface area (Å²) in [6.07, 6.45) is 1.25. The first kappa shape index (κ1) is 27.9. The van der Waals surface area contributed by atoms with Crippen molar-refractivity contribution in [1.82, 2.24) is 19.4 Å². The van der Waals surface area contributed by atoms with Gasteiger partial charge in [-0.1, -0.05) is 51.6 Å². The number of phenolic OH excluding ortho intramolecular Hbond substituents is 1. The summed E-state index contributed by atoms with van der Waals surface area (Å²) in [5.74, 6) is -2.21. The molecule has 0 radical (unpaired) electrons. The lowest BCUT2D eigenvalue weighted by Gasteiger charge is -2.40. The van der Waals surface area contributed by atoms with E-state index in [1.807, 2.05) is 44.7 Å². The van der Waals surface area contributed by atoms with Crippen molar-refractivity contribution in [2.45, 2.75) is 39.2 Å². The summed E-state index contributed by atoms with van der Waals surface area (Å²) in [5.41, 5.74) is -0.470. The molecule has 0 aliphatic carbocycles. The number of hydrogen-bond acceptors (Lipinski definition) is 6. The highest BCUT2D eigenvalue weighted by Crippen LogP contribution is 2.37. The zero-order valence-corrected chi connectivity index (χ0v) is 23.4. The first-order valence-electron chi connectivity index (χ1n) is 13.3. The van der Waals surface area contributed by atoms with Gasteiger partial charge in [0, 0.05) is 25.7 Å². The first-order valence-corrected chi connectivity index (χ1v) is 13.3. The number of aromatic hydroxyl groups is 1. The van der Waals surface area contributed by atoms with E-state index >= 15 is 4.39 Å². The van der Waals surface area contributed by atoms with Gasteiger partial charge in [-0.25, -0.2) is 23.1 Å². The van der Waals surface area contributed by atoms with Crippen molar-refractivity contribution >= 4 is 22.8 Å². The number of halogens is 2. The molecule has 1 atom stereocenters. The van der Waals surface area contributed by atoms with Gasteiger partial charge in [-0.15, -0.1) is 0 Å². The maximum atomic E-state index is 15.8. The number of pyridine rings is 1. The molecule has 0 saturated carbocycles. The van der Waals surface area contributed by atoms with Gasteiger partial charge in [0.25, 0.3) is 0 Å². The van der Waals surface area contributed by atoms with Crippen LogP contribution in [0.15, 0.2) is 66.0 Å². The van der Waals surface area contributed by atoms with Crippen LogP contribution in [0.4, 0.5) is 14.6 Å². The Morgan fingerprint density at radius 1 is 1.07 bits per heavy atom. The summed E-state index contributed by atoms with van der Waals surface area (Å²) >= 11 is 0. The minimum atomic E-state index is -0.886. The van der Waals surface area contributed by atoms with Gasteiger partial charge in [0.05, 0.1) is 16.6 Å². The molecule has 1 fully saturated rings. The summed E-state index contributed by atoms with van der Waals surface area (Å²) in [5, 5.41) is 10.7. The number of amides is 1. The smallest absolute Gasteiger partial charge is 0.355 e. The van der Waals surface area contributed by atoms with E-state index in [2.05, 4.69) is 16.5 Å². The molecule has 1 aliphatic heterocycles. The Morgan fingerprint density at radius 3 is 2.46 bits per heavy atom. The fourth-order valence-corrected chi connectivity index (χ4v) is 5.37. The monoisotopic (exact) mass is 559 g/mol. The molecule has 212 valence electrons. The van der Waals surface area contributed by atoms with Gasteiger partial charge in [0.1, 0.15) is 23.1 Å². The third-order valence-electron chi connectivity index (χ3n) is 7.37. The number of aromatic nitrogens is 3. The molecule has 1 saturated heterocycles. The SMILES string of the molecule is C=CC(=O)N1CCN(c2nc(=O)n(-c3ccccc3C(C)(C)C)c3nc(-c4c(O)cccc4F)c(F)cc23)[C@@H](C)C1. The average molecular weight is 560 g/mol. The van der Waals surface area contributed by atoms with Gasteiger partial charge in [-0.2, -0.15) is 4.98 Å². The second kappa shape index (κ2) is 10.4. The zero-order chi connectivity index (χ0) is 29.6. The predicted octanol–water partition coefficient (Wildman–Crippen LogP) is 4.95. The Balaban J connectivity index is 1.82. The molecule has 1 amide bonds. The van der Waals surface area contributed by atoms with Crippen LogP contribution < -0.4 is 10.6 Å². The number of fused-ring (bicyclic) bond motifs is 1. The van der Waals surface area contributed by atoms with Gasteiger partial charge in [-0.05, 0) is 48.2 Å². The minimum Gasteiger partial charge on any atom is -0.507 e. The van der Waals surface area contributed by atoms with E-state index in [0.29, 0.717) is 25.3 Å². The summed E-state index contributed by atoms with van der Waals surface area (Å²) in [6.45, 7) is 12.5. The maximum absolute atomic E-state index is 15.8. The van der Waals surface area contributed by atoms with Crippen LogP contribution in [0, 0.1) is 11.6 Å². The second-order valence-corrected chi connectivity index (χ2v) is 11.2. The van der Waals surface area contributed by atoms with Crippen LogP contribution in [0.25, 0.3) is 28.0 Å². The van der Waals surface area contributed by atoms with Crippen LogP contribution in [0.3, 0.4) is 0 Å². The third-order valence-corrected chi connectivity index (χ3v) is 7.37. The van der Waals surface area contributed by atoms with E-state index in [1.54, 1.807) is 17.0 Å². The summed E-state index contributed by atoms with van der Waals surface area (Å²) < 4.78 is 32.0. The Hall–Kier alpha value is -4.60. The highest BCUT2D eigenvalue weighted by molar-refractivity contribution is 5.91. The van der Waals surface area contributed by atoms with Crippen LogP contribution in [0.5, 0.6) is 5.75 Å². The lowest BCUT2D eigenvalue weighted by atomic mass is 9.85. The molecule has 5 rings (SSSR count). The van der Waals surface area contributed by atoms with E-state index in [4.69, 9.17) is 0 Å². The highest BCUT2D eigenvalue weighted by atomic mass is 19.1. The van der Waals surface area contributed by atoms with E-state index in [-0.39, 0.29) is 34.2 Å². The molecule has 1 N–H and O–H groups in total. The molecule has 0 unspecified atom stereocenters. The molecule has 2 aromatic heterocycles. The summed E-state index contributed by atoms with van der Waals surface area (Å²) in [4.78, 5) is 38.5. The molecular formula is C31H31F2N5O3. The molecule has 41 heavy (non-hydrogen) atoms.